The Hall–Kier alpha value is -2.42. The molecule has 0 saturated carbocycles. The molecule has 0 aliphatic carbocycles. The second-order valence-corrected chi connectivity index (χ2v) is 16.2. The van der Waals surface area contributed by atoms with Gasteiger partial charge in [0, 0.05) is 12.6 Å². The molecule has 2 bridgehead atoms. The third kappa shape index (κ3) is 5.53. The maximum Gasteiger partial charge on any atom is 0.388 e. The Balaban J connectivity index is 1.22. The van der Waals surface area contributed by atoms with Gasteiger partial charge in [-0.2, -0.15) is 0 Å². The molecule has 7 heterocycles. The van der Waals surface area contributed by atoms with Crippen LogP contribution in [-0.4, -0.2) is 82.6 Å². The number of fused-ring (bicyclic) bond motifs is 5. The second-order valence-electron chi connectivity index (χ2n) is 10.5. The van der Waals surface area contributed by atoms with Crippen molar-refractivity contribution in [1.29, 1.82) is 0 Å². The van der Waals surface area contributed by atoms with E-state index < -0.39 is 62.9 Å². The summed E-state index contributed by atoms with van der Waals surface area (Å²) < 4.78 is 80.1. The number of aromatic nitrogens is 7. The van der Waals surface area contributed by atoms with E-state index in [2.05, 4.69) is 49.4 Å². The van der Waals surface area contributed by atoms with Crippen molar-refractivity contribution >= 4 is 71.9 Å². The number of aliphatic hydroxyl groups is 1. The van der Waals surface area contributed by atoms with Crippen LogP contribution in [0.15, 0.2) is 25.2 Å². The van der Waals surface area contributed by atoms with Gasteiger partial charge < -0.3 is 35.1 Å². The molecule has 0 aromatic carbocycles. The number of hydrogen-bond acceptors (Lipinski definition) is 16. The van der Waals surface area contributed by atoms with Crippen molar-refractivity contribution in [2.75, 3.05) is 18.1 Å². The first kappa shape index (κ1) is 31.2. The van der Waals surface area contributed by atoms with E-state index in [1.165, 1.54) is 34.3 Å². The van der Waals surface area contributed by atoms with Crippen LogP contribution in [0.25, 0.3) is 22.2 Å². The zero-order valence-electron chi connectivity index (χ0n) is 23.0. The predicted octanol–water partition coefficient (Wildman–Crippen LogP) is 2.48. The quantitative estimate of drug-likeness (QED) is 0.149. The summed E-state index contributed by atoms with van der Waals surface area (Å²) in [6.45, 7) is -7.36. The van der Waals surface area contributed by atoms with E-state index in [9.17, 15) is 14.2 Å². The lowest BCUT2D eigenvalue weighted by Crippen LogP contribution is -2.34. The van der Waals surface area contributed by atoms with Crippen LogP contribution >= 0.6 is 38.1 Å². The Morgan fingerprint density at radius 1 is 0.933 bits per heavy atom. The summed E-state index contributed by atoms with van der Waals surface area (Å²) >= 11 is 8.15. The Kier molecular flexibility index (Phi) is 7.89. The van der Waals surface area contributed by atoms with Crippen molar-refractivity contribution in [1.82, 2.24) is 34.1 Å². The molecule has 3 aliphatic heterocycles. The number of ether oxygens (including phenoxy) is 2. The van der Waals surface area contributed by atoms with Crippen LogP contribution < -0.4 is 11.5 Å². The highest BCUT2D eigenvalue weighted by Crippen LogP contribution is 2.61. The first-order chi connectivity index (χ1) is 21.3. The summed E-state index contributed by atoms with van der Waals surface area (Å²) in [5.74, 6) is 0.201. The summed E-state index contributed by atoms with van der Waals surface area (Å²) in [7, 11) is 0. The Labute approximate surface area is 263 Å². The maximum absolute atomic E-state index is 16.1. The molecule has 3 aliphatic rings. The zero-order valence-corrected chi connectivity index (χ0v) is 26.6. The molecule has 0 spiro atoms. The molecule has 23 heteroatoms. The average Bonchev–Trinajstić information content (AvgIpc) is 3.73. The average molecular weight is 706 g/mol. The monoisotopic (exact) mass is 705 g/mol. The van der Waals surface area contributed by atoms with Crippen molar-refractivity contribution in [2.45, 2.75) is 62.7 Å². The molecule has 7 rings (SSSR count). The molecule has 4 aromatic heterocycles. The zero-order chi connectivity index (χ0) is 31.8. The summed E-state index contributed by atoms with van der Waals surface area (Å²) in [5.41, 5.74) is 13.7. The molecule has 2 unspecified atom stereocenters. The first-order valence-corrected chi connectivity index (χ1v) is 18.7. The van der Waals surface area contributed by atoms with Crippen LogP contribution in [0.2, 0.25) is 0 Å². The van der Waals surface area contributed by atoms with E-state index in [1.54, 1.807) is 6.92 Å². The van der Waals surface area contributed by atoms with Gasteiger partial charge in [0.05, 0.1) is 30.9 Å². The van der Waals surface area contributed by atoms with Crippen LogP contribution in [0.5, 0.6) is 0 Å². The molecule has 242 valence electrons. The normalized spacial score (nSPS) is 37.7. The standard InChI is InChI=1S/C22H26FN9O9P2S2/c1-8-4-26-17(24)11-13(8)31(6-29-11)21-16-14(33)22(38-21)41-43(35,45)39-15-9(2-3-36-42(34,44)40-16)37-20(10(15)23)32-7-30-12-18(25)27-5-28-19(12)32/h4-7,9-10,14-16,20-22,33H,2-3H2,1H3,(H2,24,26)(H,34,44)(H,35,45)(H2,25,27,28)/t9-,10-,14+,15-,16-,20-,21-,22-,42?,43?/m1/s1. The summed E-state index contributed by atoms with van der Waals surface area (Å²) in [6.07, 6.45) is -7.07. The predicted molar refractivity (Wildman–Crippen MR) is 160 cm³/mol. The molecule has 5 N–H and O–H groups in total. The van der Waals surface area contributed by atoms with E-state index in [0.717, 1.165) is 0 Å². The lowest BCUT2D eigenvalue weighted by atomic mass is 10.1. The van der Waals surface area contributed by atoms with Gasteiger partial charge in [-0.3, -0.25) is 18.1 Å². The van der Waals surface area contributed by atoms with Crippen molar-refractivity contribution in [3.8, 4) is 0 Å². The van der Waals surface area contributed by atoms with E-state index in [4.69, 9.17) is 39.0 Å². The highest BCUT2D eigenvalue weighted by atomic mass is 32.7. The van der Waals surface area contributed by atoms with Gasteiger partial charge in [-0.25, -0.2) is 38.4 Å². The number of pyridine rings is 1. The molecule has 0 radical (unpaired) electrons. The number of rotatable bonds is 2. The molecule has 18 nitrogen and oxygen atoms in total. The molecule has 3 fully saturated rings. The fourth-order valence-corrected chi connectivity index (χ4v) is 8.73. The first-order valence-electron chi connectivity index (χ1n) is 13.3. The minimum Gasteiger partial charge on any atom is -0.385 e. The van der Waals surface area contributed by atoms with Crippen LogP contribution in [0.4, 0.5) is 16.0 Å². The number of nitrogen functional groups attached to an aromatic ring is 2. The molecule has 4 aromatic rings. The number of nitrogens with zero attached hydrogens (tertiary/aromatic N) is 7. The smallest absolute Gasteiger partial charge is 0.385 e. The van der Waals surface area contributed by atoms with Crippen LogP contribution in [0, 0.1) is 6.92 Å². The molecule has 3 saturated heterocycles. The fourth-order valence-electron chi connectivity index (χ4n) is 5.58. The third-order valence-electron chi connectivity index (χ3n) is 7.58. The van der Waals surface area contributed by atoms with Gasteiger partial charge >= 0.3 is 13.6 Å². The van der Waals surface area contributed by atoms with Gasteiger partial charge in [-0.1, -0.05) is 24.5 Å². The van der Waals surface area contributed by atoms with Crippen molar-refractivity contribution < 1.29 is 46.2 Å². The number of nitrogens with two attached hydrogens (primary N) is 2. The Bertz CT molecular complexity index is 1890. The molecule has 10 atom stereocenters. The molecule has 0 amide bonds. The Morgan fingerprint density at radius 3 is 2.44 bits per heavy atom. The summed E-state index contributed by atoms with van der Waals surface area (Å²) in [4.78, 5) is 20.5. The highest BCUT2D eigenvalue weighted by molar-refractivity contribution is 8.44. The third-order valence-corrected chi connectivity index (χ3v) is 10.8. The number of imidazole rings is 2. The SMILES string of the molecule is Cc1cnc(N)c2ncn([C@@H]3O[C@@H]4OP(=O)(S)O[C@H]5[C@@H](F)[C@H](n6cnc7c(N)ncnc76)O[C@@H]5CCOP(=O)(S)O[C@@H]3[C@@H]4O)c12. The molecular weight excluding hydrogens is 679 g/mol. The van der Waals surface area contributed by atoms with Crippen LogP contribution in [0.3, 0.4) is 0 Å². The topological polar surface area (TPSA) is 236 Å². The van der Waals surface area contributed by atoms with E-state index in [1.807, 2.05) is 0 Å². The number of alkyl halides is 1. The summed E-state index contributed by atoms with van der Waals surface area (Å²) in [6, 6.07) is 0. The Morgan fingerprint density at radius 2 is 1.64 bits per heavy atom. The molecule has 45 heavy (non-hydrogen) atoms. The highest BCUT2D eigenvalue weighted by Gasteiger charge is 2.55. The summed E-state index contributed by atoms with van der Waals surface area (Å²) in [5, 5.41) is 11.2. The number of hydrogen-bond donors (Lipinski definition) is 5. The lowest BCUT2D eigenvalue weighted by molar-refractivity contribution is -0.130. The van der Waals surface area contributed by atoms with E-state index >= 15 is 4.39 Å². The van der Waals surface area contributed by atoms with Gasteiger partial charge in [0.2, 0.25) is 0 Å². The van der Waals surface area contributed by atoms with Gasteiger partial charge in [-0.05, 0) is 12.5 Å². The van der Waals surface area contributed by atoms with Crippen molar-refractivity contribution in [3.63, 3.8) is 0 Å². The van der Waals surface area contributed by atoms with Gasteiger partial charge in [0.1, 0.15) is 35.7 Å². The van der Waals surface area contributed by atoms with Gasteiger partial charge in [-0.15, -0.1) is 0 Å². The van der Waals surface area contributed by atoms with Crippen LogP contribution in [-0.2, 0) is 36.7 Å². The van der Waals surface area contributed by atoms with Gasteiger partial charge in [0.15, 0.2) is 42.2 Å². The van der Waals surface area contributed by atoms with Crippen molar-refractivity contribution in [3.05, 3.63) is 30.7 Å². The van der Waals surface area contributed by atoms with Gasteiger partial charge in [0.25, 0.3) is 0 Å². The second kappa shape index (κ2) is 11.4. The number of thiol groups is 2. The minimum atomic E-state index is -4.52. The number of aliphatic hydroxyl groups excluding tert-OH is 1. The fraction of sp³-hybridized carbons (Fsp3) is 0.500. The number of anilines is 2. The van der Waals surface area contributed by atoms with E-state index in [-0.39, 0.29) is 35.8 Å². The molecular formula is C22H26FN9O9P2S2. The van der Waals surface area contributed by atoms with Crippen LogP contribution in [0.1, 0.15) is 24.4 Å². The number of aryl methyl sites for hydroxylation is 1. The van der Waals surface area contributed by atoms with Crippen molar-refractivity contribution in [2.24, 2.45) is 0 Å². The lowest BCUT2D eigenvalue weighted by Gasteiger charge is -2.26. The minimum absolute atomic E-state index is 0.0721. The largest absolute Gasteiger partial charge is 0.388 e. The van der Waals surface area contributed by atoms with E-state index in [0.29, 0.717) is 16.6 Å². The maximum atomic E-state index is 16.1. The number of halogens is 1.